The summed E-state index contributed by atoms with van der Waals surface area (Å²) in [6, 6.07) is 14.7. The molecule has 0 saturated carbocycles. The number of ether oxygens (including phenoxy) is 1. The van der Waals surface area contributed by atoms with Gasteiger partial charge in [0.1, 0.15) is 5.75 Å². The van der Waals surface area contributed by atoms with Crippen LogP contribution in [0.2, 0.25) is 0 Å². The van der Waals surface area contributed by atoms with Crippen LogP contribution in [0.15, 0.2) is 48.5 Å². The Labute approximate surface area is 163 Å². The Hall–Kier alpha value is -2.47. The molecule has 4 rings (SSSR count). The van der Waals surface area contributed by atoms with Crippen molar-refractivity contribution in [1.82, 2.24) is 5.01 Å². The van der Waals surface area contributed by atoms with E-state index in [1.54, 1.807) is 12.1 Å². The first kappa shape index (κ1) is 18.9. The third-order valence-corrected chi connectivity index (χ3v) is 5.61. The van der Waals surface area contributed by atoms with Gasteiger partial charge >= 0.3 is 6.61 Å². The van der Waals surface area contributed by atoms with E-state index in [4.69, 9.17) is 0 Å². The largest absolute Gasteiger partial charge is 0.435 e. The lowest BCUT2D eigenvalue weighted by atomic mass is 9.94. The van der Waals surface area contributed by atoms with Crippen molar-refractivity contribution in [2.45, 2.75) is 44.9 Å². The third-order valence-electron chi connectivity index (χ3n) is 5.61. The molecule has 2 aromatic rings. The first-order chi connectivity index (χ1) is 13.5. The number of alkyl halides is 2. The Morgan fingerprint density at radius 2 is 1.75 bits per heavy atom. The van der Waals surface area contributed by atoms with E-state index in [9.17, 15) is 13.9 Å². The molecular weight excluding hydrogens is 362 g/mol. The number of aliphatic hydroxyl groups is 1. The van der Waals surface area contributed by atoms with E-state index < -0.39 is 12.3 Å². The van der Waals surface area contributed by atoms with E-state index >= 15 is 0 Å². The van der Waals surface area contributed by atoms with Gasteiger partial charge in [0.15, 0.2) is 6.54 Å². The maximum absolute atomic E-state index is 12.4. The summed E-state index contributed by atoms with van der Waals surface area (Å²) in [4.78, 5) is 0. The van der Waals surface area contributed by atoms with Crippen LogP contribution in [0.4, 0.5) is 8.78 Å². The Bertz CT molecular complexity index is 865. The van der Waals surface area contributed by atoms with Gasteiger partial charge in [0.2, 0.25) is 11.4 Å². The van der Waals surface area contributed by atoms with Crippen molar-refractivity contribution in [3.8, 4) is 5.75 Å². The second kappa shape index (κ2) is 7.51. The first-order valence-electron chi connectivity index (χ1n) is 9.73. The molecule has 0 spiro atoms. The average Bonchev–Trinajstić information content (AvgIpc) is 2.83. The lowest BCUT2D eigenvalue weighted by molar-refractivity contribution is -0.706. The van der Waals surface area contributed by atoms with Gasteiger partial charge in [-0.15, -0.1) is 9.69 Å². The highest BCUT2D eigenvalue weighted by molar-refractivity contribution is 5.98. The molecule has 2 heterocycles. The molecule has 1 saturated heterocycles. The van der Waals surface area contributed by atoms with Gasteiger partial charge in [0.25, 0.3) is 0 Å². The number of hydrazine groups is 1. The number of fused-ring (bicyclic) bond motifs is 1. The summed E-state index contributed by atoms with van der Waals surface area (Å²) in [6.45, 7) is 0.808. The smallest absolute Gasteiger partial charge is 0.387 e. The molecule has 0 aliphatic carbocycles. The van der Waals surface area contributed by atoms with Crippen LogP contribution in [0.3, 0.4) is 0 Å². The van der Waals surface area contributed by atoms with Crippen molar-refractivity contribution < 1.29 is 23.3 Å². The number of benzene rings is 2. The highest BCUT2D eigenvalue weighted by Gasteiger charge is 2.52. The second-order valence-corrected chi connectivity index (χ2v) is 7.52. The predicted octanol–water partition coefficient (Wildman–Crippen LogP) is 4.05. The van der Waals surface area contributed by atoms with Gasteiger partial charge in [-0.1, -0.05) is 29.8 Å². The van der Waals surface area contributed by atoms with Gasteiger partial charge in [-0.05, 0) is 44.0 Å². The van der Waals surface area contributed by atoms with Crippen LogP contribution < -0.4 is 4.74 Å². The lowest BCUT2D eigenvalue weighted by Crippen LogP contribution is -2.46. The number of rotatable bonds is 4. The van der Waals surface area contributed by atoms with Crippen LogP contribution >= 0.6 is 0 Å². The van der Waals surface area contributed by atoms with Gasteiger partial charge in [0, 0.05) is 17.5 Å². The maximum Gasteiger partial charge on any atom is 0.387 e. The van der Waals surface area contributed by atoms with Crippen molar-refractivity contribution in [2.75, 3.05) is 13.1 Å². The van der Waals surface area contributed by atoms with E-state index in [1.807, 2.05) is 5.01 Å². The molecule has 148 valence electrons. The molecule has 0 bridgehead atoms. The van der Waals surface area contributed by atoms with Crippen molar-refractivity contribution in [3.63, 3.8) is 0 Å². The van der Waals surface area contributed by atoms with Crippen LogP contribution in [0.5, 0.6) is 5.75 Å². The molecule has 0 unspecified atom stereocenters. The van der Waals surface area contributed by atoms with Crippen LogP contribution in [0, 0.1) is 6.92 Å². The molecule has 0 amide bonds. The minimum atomic E-state index is -2.86. The van der Waals surface area contributed by atoms with Crippen LogP contribution in [0.25, 0.3) is 0 Å². The van der Waals surface area contributed by atoms with Crippen LogP contribution in [-0.2, 0) is 5.72 Å². The SMILES string of the molecule is Cc1ccc(C2=[N+]3CCCCCN3[C@@](O)(c3ccc(OC(F)F)cc3)C2)cc1. The number of hydrogen-bond donors (Lipinski definition) is 1. The normalized spacial score (nSPS) is 22.4. The van der Waals surface area contributed by atoms with Crippen LogP contribution in [0.1, 0.15) is 42.4 Å². The molecular formula is C22H25F2N2O2+. The minimum Gasteiger partial charge on any atom is -0.435 e. The van der Waals surface area contributed by atoms with Gasteiger partial charge in [-0.25, -0.2) is 0 Å². The average molecular weight is 387 g/mol. The van der Waals surface area contributed by atoms with Crippen molar-refractivity contribution >= 4 is 5.71 Å². The van der Waals surface area contributed by atoms with E-state index in [-0.39, 0.29) is 5.75 Å². The number of halogens is 2. The first-order valence-corrected chi connectivity index (χ1v) is 9.73. The van der Waals surface area contributed by atoms with E-state index in [0.29, 0.717) is 12.0 Å². The predicted molar refractivity (Wildman–Crippen MR) is 103 cm³/mol. The van der Waals surface area contributed by atoms with E-state index in [0.717, 1.165) is 43.6 Å². The molecule has 2 aliphatic rings. The summed E-state index contributed by atoms with van der Waals surface area (Å²) >= 11 is 0. The van der Waals surface area contributed by atoms with Gasteiger partial charge in [0.05, 0.1) is 13.0 Å². The van der Waals surface area contributed by atoms with Gasteiger partial charge < -0.3 is 9.84 Å². The molecule has 6 heteroatoms. The molecule has 1 fully saturated rings. The molecule has 0 radical (unpaired) electrons. The molecule has 2 aliphatic heterocycles. The molecule has 2 aromatic carbocycles. The van der Waals surface area contributed by atoms with Crippen molar-refractivity contribution in [3.05, 3.63) is 65.2 Å². The van der Waals surface area contributed by atoms with E-state index in [2.05, 4.69) is 40.6 Å². The quantitative estimate of drug-likeness (QED) is 0.804. The Morgan fingerprint density at radius 3 is 2.43 bits per heavy atom. The fraction of sp³-hybridized carbons (Fsp3) is 0.409. The van der Waals surface area contributed by atoms with E-state index in [1.165, 1.54) is 17.7 Å². The zero-order chi connectivity index (χ0) is 19.7. The molecule has 0 aromatic heterocycles. The fourth-order valence-corrected chi connectivity index (χ4v) is 4.17. The minimum absolute atomic E-state index is 0.0933. The van der Waals surface area contributed by atoms with Gasteiger partial charge in [-0.2, -0.15) is 8.78 Å². The fourth-order valence-electron chi connectivity index (χ4n) is 4.17. The van der Waals surface area contributed by atoms with Crippen LogP contribution in [-0.4, -0.2) is 40.2 Å². The summed E-state index contributed by atoms with van der Waals surface area (Å²) in [5, 5.41) is 13.8. The molecule has 28 heavy (non-hydrogen) atoms. The topological polar surface area (TPSA) is 35.7 Å². The zero-order valence-corrected chi connectivity index (χ0v) is 15.9. The number of hydrazone groups is 1. The monoisotopic (exact) mass is 387 g/mol. The van der Waals surface area contributed by atoms with Crippen molar-refractivity contribution in [1.29, 1.82) is 0 Å². The Kier molecular flexibility index (Phi) is 5.06. The maximum atomic E-state index is 12.4. The highest BCUT2D eigenvalue weighted by Crippen LogP contribution is 2.38. The second-order valence-electron chi connectivity index (χ2n) is 7.52. The third kappa shape index (κ3) is 3.49. The summed E-state index contributed by atoms with van der Waals surface area (Å²) < 4.78 is 31.5. The lowest BCUT2D eigenvalue weighted by Gasteiger charge is -2.30. The number of aryl methyl sites for hydroxylation is 1. The Morgan fingerprint density at radius 1 is 1.04 bits per heavy atom. The summed E-state index contributed by atoms with van der Waals surface area (Å²) in [5.41, 5.74) is 2.87. The summed E-state index contributed by atoms with van der Waals surface area (Å²) in [5.74, 6) is 0.0933. The van der Waals surface area contributed by atoms with Crippen molar-refractivity contribution in [2.24, 2.45) is 0 Å². The number of nitrogens with zero attached hydrogens (tertiary/aromatic N) is 2. The Balaban J connectivity index is 1.71. The highest BCUT2D eigenvalue weighted by atomic mass is 19.3. The summed E-state index contributed by atoms with van der Waals surface area (Å²) in [6.07, 6.45) is 3.65. The number of hydrogen-bond acceptors (Lipinski definition) is 3. The zero-order valence-electron chi connectivity index (χ0n) is 15.9. The molecule has 1 atom stereocenters. The van der Waals surface area contributed by atoms with Gasteiger partial charge in [-0.3, -0.25) is 0 Å². The summed E-state index contributed by atoms with van der Waals surface area (Å²) in [7, 11) is 0. The standard InChI is InChI=1S/C22H25F2N2O2/c1-16-5-7-17(8-6-16)20-15-22(27,26-14-4-2-3-13-25(20)26)18-9-11-19(12-10-18)28-21(23)24/h5-12,21,27H,2-4,13-15H2,1H3/q+1/t22-/m0/s1. The molecule has 1 N–H and O–H groups in total. The molecule has 4 nitrogen and oxygen atoms in total.